The average molecular weight is 305 g/mol. The van der Waals surface area contributed by atoms with E-state index in [0.717, 1.165) is 5.56 Å². The van der Waals surface area contributed by atoms with E-state index in [1.54, 1.807) is 0 Å². The summed E-state index contributed by atoms with van der Waals surface area (Å²) in [6.45, 7) is 6.91. The van der Waals surface area contributed by atoms with Gasteiger partial charge in [-0.25, -0.2) is 0 Å². The molecule has 0 saturated heterocycles. The third-order valence-corrected chi connectivity index (χ3v) is 4.95. The number of hydrogen-bond donors (Lipinski definition) is 3. The van der Waals surface area contributed by atoms with Crippen LogP contribution in [0.1, 0.15) is 38.8 Å². The first-order valence-corrected chi connectivity index (χ1v) is 7.82. The molecule has 3 atom stereocenters. The maximum absolute atomic E-state index is 12.5. The number of amides is 1. The summed E-state index contributed by atoms with van der Waals surface area (Å²) >= 11 is 0. The van der Waals surface area contributed by atoms with Gasteiger partial charge >= 0.3 is 0 Å². The summed E-state index contributed by atoms with van der Waals surface area (Å²) in [5.41, 5.74) is 12.2. The van der Waals surface area contributed by atoms with Gasteiger partial charge in [-0.1, -0.05) is 44.2 Å². The highest BCUT2D eigenvalue weighted by atomic mass is 16.5. The Bertz CT molecular complexity index is 518. The zero-order valence-corrected chi connectivity index (χ0v) is 13.6. The fourth-order valence-corrected chi connectivity index (χ4v) is 3.00. The van der Waals surface area contributed by atoms with Crippen LogP contribution in [0.2, 0.25) is 0 Å². The molecule has 0 bridgehead atoms. The molecule has 5 heteroatoms. The number of hydrogen-bond acceptors (Lipinski definition) is 4. The number of carbonyl (C=O) groups excluding carboxylic acids is 1. The van der Waals surface area contributed by atoms with Crippen molar-refractivity contribution in [2.24, 2.45) is 16.9 Å². The molecular weight excluding hydrogens is 278 g/mol. The zero-order valence-electron chi connectivity index (χ0n) is 13.6. The summed E-state index contributed by atoms with van der Waals surface area (Å²) in [5, 5.41) is 2.90. The quantitative estimate of drug-likeness (QED) is 0.739. The van der Waals surface area contributed by atoms with Crippen molar-refractivity contribution in [3.63, 3.8) is 0 Å². The monoisotopic (exact) mass is 305 g/mol. The highest BCUT2D eigenvalue weighted by molar-refractivity contribution is 5.88. The number of rotatable bonds is 6. The Morgan fingerprint density at radius 3 is 2.59 bits per heavy atom. The molecule has 5 nitrogen and oxygen atoms in total. The molecule has 122 valence electrons. The third-order valence-electron chi connectivity index (χ3n) is 4.95. The van der Waals surface area contributed by atoms with Crippen LogP contribution in [0.25, 0.3) is 0 Å². The summed E-state index contributed by atoms with van der Waals surface area (Å²) in [7, 11) is 0. The fraction of sp³-hybridized carbons (Fsp3) is 0.588. The molecule has 1 aliphatic carbocycles. The van der Waals surface area contributed by atoms with Gasteiger partial charge in [0.15, 0.2) is 0 Å². The Hall–Kier alpha value is -1.43. The molecule has 1 aromatic carbocycles. The number of carbonyl (C=O) groups is 1. The van der Waals surface area contributed by atoms with Crippen LogP contribution in [-0.4, -0.2) is 30.7 Å². The summed E-state index contributed by atoms with van der Waals surface area (Å²) in [5.74, 6) is -0.153. The van der Waals surface area contributed by atoms with Gasteiger partial charge in [0.05, 0.1) is 6.10 Å². The predicted octanol–water partition coefficient (Wildman–Crippen LogP) is 1.34. The minimum absolute atomic E-state index is 0.0241. The van der Waals surface area contributed by atoms with Crippen molar-refractivity contribution >= 4 is 5.91 Å². The van der Waals surface area contributed by atoms with E-state index < -0.39 is 5.54 Å². The second-order valence-corrected chi connectivity index (χ2v) is 6.57. The first-order chi connectivity index (χ1) is 10.3. The highest BCUT2D eigenvalue weighted by Gasteiger charge is 2.62. The van der Waals surface area contributed by atoms with Crippen LogP contribution in [0.5, 0.6) is 0 Å². The van der Waals surface area contributed by atoms with Crippen LogP contribution in [0, 0.1) is 5.41 Å². The van der Waals surface area contributed by atoms with Crippen LogP contribution in [0.4, 0.5) is 0 Å². The molecule has 0 radical (unpaired) electrons. The minimum Gasteiger partial charge on any atom is -0.378 e. The molecule has 0 aromatic heterocycles. The molecule has 0 heterocycles. The molecule has 1 amide bonds. The largest absolute Gasteiger partial charge is 0.378 e. The van der Waals surface area contributed by atoms with Crippen molar-refractivity contribution < 1.29 is 9.53 Å². The molecule has 1 aromatic rings. The molecule has 0 spiro atoms. The van der Waals surface area contributed by atoms with Gasteiger partial charge in [0.25, 0.3) is 0 Å². The van der Waals surface area contributed by atoms with E-state index in [-0.39, 0.29) is 23.5 Å². The number of nitrogens with one attached hydrogen (secondary N) is 1. The number of benzene rings is 1. The zero-order chi connectivity index (χ0) is 16.4. The number of nitrogens with two attached hydrogens (primary N) is 2. The smallest absolute Gasteiger partial charge is 0.240 e. The van der Waals surface area contributed by atoms with E-state index in [1.807, 2.05) is 51.1 Å². The third kappa shape index (κ3) is 2.89. The van der Waals surface area contributed by atoms with Crippen molar-refractivity contribution in [3.05, 3.63) is 35.9 Å². The Morgan fingerprint density at radius 2 is 2.05 bits per heavy atom. The summed E-state index contributed by atoms with van der Waals surface area (Å²) in [6, 6.07) is 9.47. The van der Waals surface area contributed by atoms with Crippen LogP contribution in [0.3, 0.4) is 0 Å². The minimum atomic E-state index is -0.900. The second-order valence-electron chi connectivity index (χ2n) is 6.57. The van der Waals surface area contributed by atoms with Crippen LogP contribution in [-0.2, 0) is 9.53 Å². The molecular formula is C17H27N3O2. The second kappa shape index (κ2) is 6.36. The maximum atomic E-state index is 12.5. The van der Waals surface area contributed by atoms with E-state index in [9.17, 15) is 4.79 Å². The van der Waals surface area contributed by atoms with Crippen molar-refractivity contribution in [3.8, 4) is 0 Å². The van der Waals surface area contributed by atoms with E-state index in [0.29, 0.717) is 19.6 Å². The van der Waals surface area contributed by atoms with E-state index in [1.165, 1.54) is 0 Å². The van der Waals surface area contributed by atoms with E-state index in [4.69, 9.17) is 16.2 Å². The molecule has 1 fully saturated rings. The first kappa shape index (κ1) is 16.9. The molecule has 22 heavy (non-hydrogen) atoms. The van der Waals surface area contributed by atoms with Gasteiger partial charge in [0.1, 0.15) is 5.54 Å². The van der Waals surface area contributed by atoms with E-state index >= 15 is 0 Å². The number of ether oxygens (including phenoxy) is 1. The highest BCUT2D eigenvalue weighted by Crippen LogP contribution is 2.49. The molecule has 0 aliphatic heterocycles. The average Bonchev–Trinajstić information content (AvgIpc) is 2.52. The van der Waals surface area contributed by atoms with Gasteiger partial charge in [-0.3, -0.25) is 4.79 Å². The van der Waals surface area contributed by atoms with Crippen LogP contribution in [0.15, 0.2) is 30.3 Å². The first-order valence-electron chi connectivity index (χ1n) is 7.82. The molecule has 3 unspecified atom stereocenters. The molecule has 1 saturated carbocycles. The Balaban J connectivity index is 1.93. The van der Waals surface area contributed by atoms with Gasteiger partial charge in [-0.05, 0) is 12.5 Å². The topological polar surface area (TPSA) is 90.4 Å². The summed E-state index contributed by atoms with van der Waals surface area (Å²) in [6.07, 6.45) is 0.566. The molecule has 5 N–H and O–H groups in total. The van der Waals surface area contributed by atoms with E-state index in [2.05, 4.69) is 5.32 Å². The standard InChI is InChI=1S/C17H27N3O2/c1-4-22-14-10-17(19,16(14,2)3)15(21)20-11-13(18)12-8-6-5-7-9-12/h5-9,13-14H,4,10-11,18-19H2,1-3H3,(H,20,21). The fourth-order valence-electron chi connectivity index (χ4n) is 3.00. The van der Waals surface area contributed by atoms with Gasteiger partial charge in [-0.2, -0.15) is 0 Å². The Labute approximate surface area is 132 Å². The lowest BCUT2D eigenvalue weighted by atomic mass is 9.54. The summed E-state index contributed by atoms with van der Waals surface area (Å²) < 4.78 is 5.65. The lowest BCUT2D eigenvalue weighted by Gasteiger charge is -2.57. The van der Waals surface area contributed by atoms with Gasteiger partial charge < -0.3 is 21.5 Å². The summed E-state index contributed by atoms with van der Waals surface area (Å²) in [4.78, 5) is 12.5. The lowest BCUT2D eigenvalue weighted by molar-refractivity contribution is -0.170. The van der Waals surface area contributed by atoms with Gasteiger partial charge in [0.2, 0.25) is 5.91 Å². The van der Waals surface area contributed by atoms with Crippen molar-refractivity contribution in [1.29, 1.82) is 0 Å². The Morgan fingerprint density at radius 1 is 1.41 bits per heavy atom. The van der Waals surface area contributed by atoms with Crippen molar-refractivity contribution in [2.45, 2.75) is 44.9 Å². The SMILES string of the molecule is CCOC1CC(N)(C(=O)NCC(N)c2ccccc2)C1(C)C. The maximum Gasteiger partial charge on any atom is 0.240 e. The van der Waals surface area contributed by atoms with Gasteiger partial charge in [-0.15, -0.1) is 0 Å². The normalized spacial score (nSPS) is 27.8. The van der Waals surface area contributed by atoms with Crippen LogP contribution < -0.4 is 16.8 Å². The lowest BCUT2D eigenvalue weighted by Crippen LogP contribution is -2.75. The molecule has 1 aliphatic rings. The predicted molar refractivity (Wildman–Crippen MR) is 87.1 cm³/mol. The Kier molecular flexibility index (Phi) is 4.90. The van der Waals surface area contributed by atoms with Crippen molar-refractivity contribution in [2.75, 3.05) is 13.2 Å². The molecule has 2 rings (SSSR count). The van der Waals surface area contributed by atoms with Gasteiger partial charge in [0, 0.05) is 31.0 Å². The van der Waals surface area contributed by atoms with Crippen LogP contribution >= 0.6 is 0 Å². The van der Waals surface area contributed by atoms with Crippen molar-refractivity contribution in [1.82, 2.24) is 5.32 Å².